The van der Waals surface area contributed by atoms with Gasteiger partial charge in [0.15, 0.2) is 6.10 Å². The number of anilines is 2. The number of nitrogens with one attached hydrogen (secondary N) is 3. The summed E-state index contributed by atoms with van der Waals surface area (Å²) in [6.07, 6.45) is 1.09. The van der Waals surface area contributed by atoms with Crippen LogP contribution < -0.4 is 25.3 Å². The zero-order valence-electron chi connectivity index (χ0n) is 17.7. The van der Waals surface area contributed by atoms with E-state index in [1.54, 1.807) is 0 Å². The van der Waals surface area contributed by atoms with Gasteiger partial charge in [-0.15, -0.1) is 0 Å². The Morgan fingerprint density at radius 1 is 1.00 bits per heavy atom. The molecular weight excluding hydrogens is 440 g/mol. The molecule has 2 heterocycles. The lowest BCUT2D eigenvalue weighted by Crippen LogP contribution is -2.86. The van der Waals surface area contributed by atoms with E-state index in [1.165, 1.54) is 21.2 Å². The maximum Gasteiger partial charge on any atom is 0.343 e. The van der Waals surface area contributed by atoms with Gasteiger partial charge < -0.3 is 9.64 Å². The molecule has 0 bridgehead atoms. The molecule has 3 N–H and O–H groups in total. The summed E-state index contributed by atoms with van der Waals surface area (Å²) in [7, 11) is 0. The maximum absolute atomic E-state index is 6.00. The summed E-state index contributed by atoms with van der Waals surface area (Å²) in [5, 5.41) is 7.60. The molecule has 3 aromatic carbocycles. The fourth-order valence-electron chi connectivity index (χ4n) is 3.95. The highest BCUT2D eigenvalue weighted by Gasteiger charge is 2.23. The zero-order valence-corrected chi connectivity index (χ0v) is 19.3. The van der Waals surface area contributed by atoms with E-state index in [0.29, 0.717) is 5.02 Å². The van der Waals surface area contributed by atoms with Crippen molar-refractivity contribution in [1.29, 1.82) is 0 Å². The van der Waals surface area contributed by atoms with Gasteiger partial charge in [0, 0.05) is 21.4 Å². The summed E-state index contributed by atoms with van der Waals surface area (Å²) >= 11 is 7.79. The van der Waals surface area contributed by atoms with E-state index in [2.05, 4.69) is 69.1 Å². The van der Waals surface area contributed by atoms with Crippen LogP contribution in [0.2, 0.25) is 5.02 Å². The summed E-state index contributed by atoms with van der Waals surface area (Å²) in [5.74, 6) is 1.80. The summed E-state index contributed by atoms with van der Waals surface area (Å²) in [6.45, 7) is 3.34. The Balaban J connectivity index is 1.13. The van der Waals surface area contributed by atoms with Crippen molar-refractivity contribution >= 4 is 40.7 Å². The first-order valence-corrected chi connectivity index (χ1v) is 12.1. The standard InChI is InChI=1S/C25H25ClN4OS/c26-18-10-12-19(13-11-18)31-20-16-28-25(29-17-20)27-14-5-15-30-21-6-1-3-8-23(21)32-24-9-4-2-7-22(24)30/h1-4,6-13,20H,5,14-17H2,(H2,27,28,29)/p+1. The maximum atomic E-state index is 6.00. The molecule has 2 aliphatic heterocycles. The lowest BCUT2D eigenvalue weighted by molar-refractivity contribution is -0.477. The molecule has 0 saturated carbocycles. The van der Waals surface area contributed by atoms with Crippen LogP contribution in [0.4, 0.5) is 11.4 Å². The molecule has 5 nitrogen and oxygen atoms in total. The highest BCUT2D eigenvalue weighted by molar-refractivity contribution is 7.99. The lowest BCUT2D eigenvalue weighted by atomic mass is 10.2. The van der Waals surface area contributed by atoms with Crippen LogP contribution in [0.15, 0.2) is 82.6 Å². The minimum absolute atomic E-state index is 0.0700. The Hall–Kier alpha value is -2.83. The summed E-state index contributed by atoms with van der Waals surface area (Å²) in [5.41, 5.74) is 2.58. The second-order valence-electron chi connectivity index (χ2n) is 7.80. The SMILES string of the molecule is Clc1ccc(OC2CNC(NCCCN3c4ccccc4Sc4ccccc43)=[NH+]C2)cc1. The van der Waals surface area contributed by atoms with Gasteiger partial charge in [-0.3, -0.25) is 15.6 Å². The number of para-hydroxylation sites is 2. The van der Waals surface area contributed by atoms with Crippen molar-refractivity contribution in [2.24, 2.45) is 0 Å². The normalized spacial score (nSPS) is 17.0. The molecule has 7 heteroatoms. The minimum atomic E-state index is 0.0700. The van der Waals surface area contributed by atoms with Crippen LogP contribution in [0.25, 0.3) is 0 Å². The molecule has 0 spiro atoms. The molecule has 164 valence electrons. The van der Waals surface area contributed by atoms with Crippen molar-refractivity contribution in [3.63, 3.8) is 0 Å². The van der Waals surface area contributed by atoms with Crippen molar-refractivity contribution in [1.82, 2.24) is 10.6 Å². The van der Waals surface area contributed by atoms with E-state index in [4.69, 9.17) is 16.3 Å². The molecule has 0 amide bonds. The first-order chi connectivity index (χ1) is 15.8. The first-order valence-electron chi connectivity index (χ1n) is 10.9. The minimum Gasteiger partial charge on any atom is -0.484 e. The van der Waals surface area contributed by atoms with Crippen LogP contribution in [-0.2, 0) is 0 Å². The van der Waals surface area contributed by atoms with Gasteiger partial charge in [-0.1, -0.05) is 47.6 Å². The van der Waals surface area contributed by atoms with Crippen LogP contribution in [0.1, 0.15) is 6.42 Å². The van der Waals surface area contributed by atoms with Crippen molar-refractivity contribution in [2.45, 2.75) is 22.3 Å². The van der Waals surface area contributed by atoms with Gasteiger partial charge >= 0.3 is 5.96 Å². The monoisotopic (exact) mass is 465 g/mol. The molecule has 0 radical (unpaired) electrons. The van der Waals surface area contributed by atoms with E-state index in [0.717, 1.165) is 44.3 Å². The van der Waals surface area contributed by atoms with Crippen molar-refractivity contribution < 1.29 is 9.73 Å². The zero-order chi connectivity index (χ0) is 21.8. The molecule has 0 fully saturated rings. The van der Waals surface area contributed by atoms with Gasteiger partial charge in [0.2, 0.25) is 0 Å². The van der Waals surface area contributed by atoms with Gasteiger partial charge in [0.25, 0.3) is 0 Å². The predicted molar refractivity (Wildman–Crippen MR) is 131 cm³/mol. The number of rotatable bonds is 6. The number of benzene rings is 3. The van der Waals surface area contributed by atoms with E-state index >= 15 is 0 Å². The van der Waals surface area contributed by atoms with Crippen LogP contribution in [0.3, 0.4) is 0 Å². The van der Waals surface area contributed by atoms with Crippen molar-refractivity contribution in [3.05, 3.63) is 77.8 Å². The topological polar surface area (TPSA) is 50.5 Å². The number of guanidine groups is 1. The second-order valence-corrected chi connectivity index (χ2v) is 9.32. The van der Waals surface area contributed by atoms with Gasteiger partial charge in [0.05, 0.1) is 17.9 Å². The first kappa shape index (κ1) is 21.0. The Morgan fingerprint density at radius 2 is 1.69 bits per heavy atom. The van der Waals surface area contributed by atoms with Crippen LogP contribution in [-0.4, -0.2) is 38.2 Å². The third-order valence-electron chi connectivity index (χ3n) is 5.52. The van der Waals surface area contributed by atoms with E-state index < -0.39 is 0 Å². The Morgan fingerprint density at radius 3 is 2.34 bits per heavy atom. The molecule has 2 aliphatic rings. The third kappa shape index (κ3) is 4.81. The fourth-order valence-corrected chi connectivity index (χ4v) is 5.17. The molecule has 5 rings (SSSR count). The molecule has 1 atom stereocenters. The number of halogens is 1. The Kier molecular flexibility index (Phi) is 6.41. The van der Waals surface area contributed by atoms with Gasteiger partial charge in [-0.05, 0) is 55.0 Å². The number of fused-ring (bicyclic) bond motifs is 2. The van der Waals surface area contributed by atoms with Crippen molar-refractivity contribution in [2.75, 3.05) is 31.1 Å². The van der Waals surface area contributed by atoms with Crippen LogP contribution in [0.5, 0.6) is 5.75 Å². The highest BCUT2D eigenvalue weighted by Crippen LogP contribution is 2.47. The quantitative estimate of drug-likeness (QED) is 0.487. The lowest BCUT2D eigenvalue weighted by Gasteiger charge is -2.32. The Bertz CT molecular complexity index is 1060. The number of nitrogens with zero attached hydrogens (tertiary/aromatic N) is 1. The van der Waals surface area contributed by atoms with E-state index in [-0.39, 0.29) is 6.10 Å². The van der Waals surface area contributed by atoms with Crippen molar-refractivity contribution in [3.8, 4) is 5.75 Å². The molecule has 3 aromatic rings. The summed E-state index contributed by atoms with van der Waals surface area (Å²) in [6, 6.07) is 24.8. The predicted octanol–water partition coefficient (Wildman–Crippen LogP) is 3.41. The summed E-state index contributed by atoms with van der Waals surface area (Å²) in [4.78, 5) is 8.46. The van der Waals surface area contributed by atoms with Crippen LogP contribution in [0, 0.1) is 0 Å². The molecular formula is C25H26ClN4OS+. The van der Waals surface area contributed by atoms with Gasteiger partial charge in [0.1, 0.15) is 18.8 Å². The average Bonchev–Trinajstić information content (AvgIpc) is 2.83. The van der Waals surface area contributed by atoms with E-state index in [1.807, 2.05) is 36.0 Å². The largest absolute Gasteiger partial charge is 0.484 e. The molecule has 0 saturated heterocycles. The molecule has 0 aliphatic carbocycles. The third-order valence-corrected chi connectivity index (χ3v) is 6.90. The second kappa shape index (κ2) is 9.76. The summed E-state index contributed by atoms with van der Waals surface area (Å²) < 4.78 is 6.00. The van der Waals surface area contributed by atoms with Crippen LogP contribution >= 0.6 is 23.4 Å². The average molecular weight is 466 g/mol. The highest BCUT2D eigenvalue weighted by atomic mass is 35.5. The van der Waals surface area contributed by atoms with E-state index in [9.17, 15) is 0 Å². The Labute approximate surface area is 197 Å². The van der Waals surface area contributed by atoms with Gasteiger partial charge in [-0.2, -0.15) is 0 Å². The number of ether oxygens (including phenoxy) is 1. The number of hydrogen-bond donors (Lipinski definition) is 3. The van der Waals surface area contributed by atoms with Gasteiger partial charge in [-0.25, -0.2) is 0 Å². The number of hydrogen-bond acceptors (Lipinski definition) is 5. The fraction of sp³-hybridized carbons (Fsp3) is 0.240. The smallest absolute Gasteiger partial charge is 0.343 e. The molecule has 1 unspecified atom stereocenters. The molecule has 32 heavy (non-hydrogen) atoms. The molecule has 0 aromatic heterocycles.